The number of aliphatic hydroxyl groups is 1. The number of rotatable bonds is 10. The highest BCUT2D eigenvalue weighted by Crippen LogP contribution is 2.39. The Morgan fingerprint density at radius 2 is 1.66 bits per heavy atom. The van der Waals surface area contributed by atoms with Crippen LogP contribution in [0.5, 0.6) is 11.5 Å². The second-order valence-electron chi connectivity index (χ2n) is 8.81. The average Bonchev–Trinajstić information content (AvgIpc) is 3.06. The number of benzene rings is 2. The highest BCUT2D eigenvalue weighted by molar-refractivity contribution is 6.46. The minimum Gasteiger partial charge on any atom is -0.507 e. The Labute approximate surface area is 204 Å². The van der Waals surface area contributed by atoms with Gasteiger partial charge in [0.2, 0.25) is 0 Å². The molecule has 2 amide bonds. The van der Waals surface area contributed by atoms with Crippen molar-refractivity contribution in [1.29, 1.82) is 0 Å². The smallest absolute Gasteiger partial charge is 0.295 e. The van der Waals surface area contributed by atoms with Gasteiger partial charge in [-0.25, -0.2) is 0 Å². The number of ether oxygens (including phenoxy) is 2. The molecule has 1 unspecified atom stereocenters. The van der Waals surface area contributed by atoms with E-state index in [2.05, 4.69) is 0 Å². The zero-order valence-corrected chi connectivity index (χ0v) is 20.4. The topological polar surface area (TPSA) is 122 Å². The van der Waals surface area contributed by atoms with Crippen molar-refractivity contribution in [3.8, 4) is 11.5 Å². The molecule has 1 aliphatic heterocycles. The van der Waals surface area contributed by atoms with Crippen LogP contribution in [-0.2, 0) is 14.4 Å². The Hall–Kier alpha value is -3.85. The molecule has 0 bridgehead atoms. The summed E-state index contributed by atoms with van der Waals surface area (Å²) in [5.74, 6) is -1.23. The third kappa shape index (κ3) is 6.19. The predicted molar refractivity (Wildman–Crippen MR) is 131 cm³/mol. The quantitative estimate of drug-likeness (QED) is 0.303. The van der Waals surface area contributed by atoms with Crippen molar-refractivity contribution in [2.75, 3.05) is 33.8 Å². The molecule has 0 radical (unpaired) electrons. The van der Waals surface area contributed by atoms with E-state index in [0.717, 1.165) is 0 Å². The Balaban J connectivity index is 2.02. The minimum absolute atomic E-state index is 0.00797. The van der Waals surface area contributed by atoms with E-state index in [1.807, 2.05) is 32.8 Å². The number of hydrogen-bond acceptors (Lipinski definition) is 7. The highest BCUT2D eigenvalue weighted by Gasteiger charge is 2.45. The summed E-state index contributed by atoms with van der Waals surface area (Å²) in [5.41, 5.74) is 6.16. The zero-order chi connectivity index (χ0) is 25.7. The molecule has 0 saturated carbocycles. The molecule has 2 aromatic rings. The molecule has 0 aliphatic carbocycles. The molecule has 35 heavy (non-hydrogen) atoms. The van der Waals surface area contributed by atoms with Crippen molar-refractivity contribution in [2.45, 2.75) is 26.0 Å². The third-order valence-electron chi connectivity index (χ3n) is 5.40. The molecule has 0 aromatic heterocycles. The number of Topliss-reactive ketones (excluding diaryl/α,β-unsaturated/α-hetero) is 1. The van der Waals surface area contributed by atoms with Gasteiger partial charge in [0.15, 0.2) is 6.61 Å². The van der Waals surface area contributed by atoms with Crippen molar-refractivity contribution >= 4 is 23.4 Å². The van der Waals surface area contributed by atoms with Crippen LogP contribution < -0.4 is 15.2 Å². The number of aliphatic hydroxyl groups excluding tert-OH is 1. The molecule has 1 saturated heterocycles. The van der Waals surface area contributed by atoms with E-state index in [-0.39, 0.29) is 24.0 Å². The Morgan fingerprint density at radius 3 is 2.20 bits per heavy atom. The van der Waals surface area contributed by atoms with Crippen LogP contribution in [0.15, 0.2) is 54.1 Å². The minimum atomic E-state index is -0.785. The number of likely N-dealkylation sites (N-methyl/N-ethyl adjacent to an activating group) is 1. The first-order chi connectivity index (χ1) is 16.6. The van der Waals surface area contributed by atoms with Crippen LogP contribution in [0.3, 0.4) is 0 Å². The van der Waals surface area contributed by atoms with Gasteiger partial charge >= 0.3 is 0 Å². The molecule has 9 nitrogen and oxygen atoms in total. The van der Waals surface area contributed by atoms with Crippen molar-refractivity contribution in [3.63, 3.8) is 0 Å². The normalized spacial score (nSPS) is 17.3. The first kappa shape index (κ1) is 25.8. The number of carbonyl (C=O) groups is 3. The number of nitrogens with two attached hydrogens (primary N) is 1. The number of primary amides is 1. The fraction of sp³-hybridized carbons (Fsp3) is 0.346. The summed E-state index contributed by atoms with van der Waals surface area (Å²) in [6.45, 7) is 4.38. The van der Waals surface area contributed by atoms with Gasteiger partial charge in [-0.3, -0.25) is 14.4 Å². The second-order valence-corrected chi connectivity index (χ2v) is 8.81. The Bertz CT molecular complexity index is 1110. The molecular weight excluding hydrogens is 450 g/mol. The summed E-state index contributed by atoms with van der Waals surface area (Å²) in [7, 11) is 3.74. The highest BCUT2D eigenvalue weighted by atomic mass is 16.5. The van der Waals surface area contributed by atoms with E-state index in [9.17, 15) is 19.5 Å². The maximum atomic E-state index is 13.1. The summed E-state index contributed by atoms with van der Waals surface area (Å²) in [6.07, 6.45) is -0.00797. The van der Waals surface area contributed by atoms with E-state index < -0.39 is 23.6 Å². The SMILES string of the molecule is CC(C)Oc1ccc(/C(O)=C2\C(=O)C(=O)N(CCN(C)C)C2c2ccc(OCC(N)=O)cc2)cc1. The van der Waals surface area contributed by atoms with E-state index >= 15 is 0 Å². The average molecular weight is 482 g/mol. The fourth-order valence-electron chi connectivity index (χ4n) is 3.78. The van der Waals surface area contributed by atoms with Crippen LogP contribution in [-0.4, -0.2) is 72.4 Å². The van der Waals surface area contributed by atoms with Crippen molar-refractivity contribution in [1.82, 2.24) is 9.80 Å². The number of hydrogen-bond donors (Lipinski definition) is 2. The van der Waals surface area contributed by atoms with Crippen LogP contribution in [0, 0.1) is 0 Å². The summed E-state index contributed by atoms with van der Waals surface area (Å²) < 4.78 is 11.0. The lowest BCUT2D eigenvalue weighted by molar-refractivity contribution is -0.140. The molecule has 9 heteroatoms. The molecule has 3 rings (SSSR count). The molecule has 1 fully saturated rings. The zero-order valence-electron chi connectivity index (χ0n) is 20.4. The lowest BCUT2D eigenvalue weighted by Crippen LogP contribution is -2.35. The van der Waals surface area contributed by atoms with Gasteiger partial charge in [-0.1, -0.05) is 12.1 Å². The molecule has 1 atom stereocenters. The monoisotopic (exact) mass is 481 g/mol. The Morgan fingerprint density at radius 1 is 1.06 bits per heavy atom. The van der Waals surface area contributed by atoms with Gasteiger partial charge in [-0.05, 0) is 69.9 Å². The standard InChI is InChI=1S/C26H31N3O6/c1-16(2)35-20-11-7-18(8-12-20)24(31)22-23(29(14-13-28(3)4)26(33)25(22)32)17-5-9-19(10-6-17)34-15-21(27)30/h5-12,16,23,31H,13-15H2,1-4H3,(H2,27,30)/b24-22+. The molecular formula is C26H31N3O6. The van der Waals surface area contributed by atoms with Gasteiger partial charge in [-0.15, -0.1) is 0 Å². The van der Waals surface area contributed by atoms with Crippen LogP contribution >= 0.6 is 0 Å². The number of ketones is 1. The van der Waals surface area contributed by atoms with Crippen LogP contribution in [0.25, 0.3) is 5.76 Å². The number of amides is 2. The van der Waals surface area contributed by atoms with Crippen LogP contribution in [0.2, 0.25) is 0 Å². The molecule has 1 heterocycles. The lowest BCUT2D eigenvalue weighted by Gasteiger charge is -2.26. The van der Waals surface area contributed by atoms with E-state index in [1.165, 1.54) is 4.90 Å². The molecule has 0 spiro atoms. The molecule has 186 valence electrons. The molecule has 1 aliphatic rings. The van der Waals surface area contributed by atoms with E-state index in [1.54, 1.807) is 48.5 Å². The van der Waals surface area contributed by atoms with E-state index in [4.69, 9.17) is 15.2 Å². The third-order valence-corrected chi connectivity index (χ3v) is 5.40. The number of carbonyl (C=O) groups excluding carboxylic acids is 3. The van der Waals surface area contributed by atoms with Crippen molar-refractivity contribution < 1.29 is 29.0 Å². The van der Waals surface area contributed by atoms with Gasteiger partial charge in [0.05, 0.1) is 17.7 Å². The number of likely N-dealkylation sites (tertiary alicyclic amines) is 1. The summed E-state index contributed by atoms with van der Waals surface area (Å²) in [6, 6.07) is 12.6. The maximum Gasteiger partial charge on any atom is 0.295 e. The summed E-state index contributed by atoms with van der Waals surface area (Å²) >= 11 is 0. The van der Waals surface area contributed by atoms with Gasteiger partial charge < -0.3 is 30.1 Å². The Kier molecular flexibility index (Phi) is 8.14. The summed E-state index contributed by atoms with van der Waals surface area (Å²) in [4.78, 5) is 40.4. The fourth-order valence-corrected chi connectivity index (χ4v) is 3.78. The second kappa shape index (κ2) is 11.1. The van der Waals surface area contributed by atoms with Crippen molar-refractivity contribution in [3.05, 3.63) is 65.2 Å². The van der Waals surface area contributed by atoms with Crippen LogP contribution in [0.1, 0.15) is 31.0 Å². The first-order valence-electron chi connectivity index (χ1n) is 11.3. The maximum absolute atomic E-state index is 13.1. The van der Waals surface area contributed by atoms with Gasteiger partial charge in [0.1, 0.15) is 17.3 Å². The summed E-state index contributed by atoms with van der Waals surface area (Å²) in [5, 5.41) is 11.2. The number of nitrogens with zero attached hydrogens (tertiary/aromatic N) is 2. The largest absolute Gasteiger partial charge is 0.507 e. The van der Waals surface area contributed by atoms with Crippen LogP contribution in [0.4, 0.5) is 0 Å². The van der Waals surface area contributed by atoms with Crippen molar-refractivity contribution in [2.24, 2.45) is 5.73 Å². The van der Waals surface area contributed by atoms with Gasteiger partial charge in [-0.2, -0.15) is 0 Å². The molecule has 2 aromatic carbocycles. The first-order valence-corrected chi connectivity index (χ1v) is 11.3. The van der Waals surface area contributed by atoms with E-state index in [0.29, 0.717) is 35.7 Å². The molecule has 3 N–H and O–H groups in total. The van der Waals surface area contributed by atoms with Gasteiger partial charge in [0.25, 0.3) is 17.6 Å². The predicted octanol–water partition coefficient (Wildman–Crippen LogP) is 2.32. The van der Waals surface area contributed by atoms with Gasteiger partial charge in [0, 0.05) is 18.7 Å². The lowest BCUT2D eigenvalue weighted by atomic mass is 9.95.